The second-order valence-electron chi connectivity index (χ2n) is 4.12. The van der Waals surface area contributed by atoms with Crippen molar-refractivity contribution in [2.24, 2.45) is 11.7 Å². The minimum absolute atomic E-state index is 0.227. The molecule has 3 atom stereocenters. The van der Waals surface area contributed by atoms with Gasteiger partial charge in [-0.2, -0.15) is 13.2 Å². The summed E-state index contributed by atoms with van der Waals surface area (Å²) in [5, 5.41) is 10.9. The van der Waals surface area contributed by atoms with Gasteiger partial charge in [-0.25, -0.2) is 0 Å². The predicted molar refractivity (Wildman–Crippen MR) is 52.5 cm³/mol. The first-order chi connectivity index (χ1) is 7.04. The molecule has 0 radical (unpaired) electrons. The molecule has 0 heterocycles. The zero-order valence-electron chi connectivity index (χ0n) is 9.43. The van der Waals surface area contributed by atoms with Crippen LogP contribution in [-0.2, 0) is 4.79 Å². The molecule has 1 amide bonds. The van der Waals surface area contributed by atoms with Gasteiger partial charge in [0.15, 0.2) is 5.54 Å². The van der Waals surface area contributed by atoms with E-state index in [2.05, 4.69) is 5.32 Å². The van der Waals surface area contributed by atoms with Crippen molar-refractivity contribution >= 4 is 5.91 Å². The van der Waals surface area contributed by atoms with E-state index >= 15 is 0 Å². The predicted octanol–water partition coefficient (Wildman–Crippen LogP) is 0.399. The molecule has 0 rings (SSSR count). The first kappa shape index (κ1) is 15.2. The summed E-state index contributed by atoms with van der Waals surface area (Å²) in [5.74, 6) is -1.64. The molecule has 0 aliphatic heterocycles. The van der Waals surface area contributed by atoms with Crippen LogP contribution in [0.3, 0.4) is 0 Å². The lowest BCUT2D eigenvalue weighted by Gasteiger charge is -2.29. The van der Waals surface area contributed by atoms with E-state index in [-0.39, 0.29) is 12.5 Å². The number of hydrogen-bond acceptors (Lipinski definition) is 3. The third-order valence-corrected chi connectivity index (χ3v) is 2.56. The highest BCUT2D eigenvalue weighted by atomic mass is 19.4. The Morgan fingerprint density at radius 1 is 1.44 bits per heavy atom. The van der Waals surface area contributed by atoms with E-state index in [4.69, 9.17) is 10.8 Å². The fourth-order valence-corrected chi connectivity index (χ4v) is 0.786. The Hall–Kier alpha value is -0.820. The minimum Gasteiger partial charge on any atom is -0.396 e. The monoisotopic (exact) mass is 242 g/mol. The first-order valence-corrected chi connectivity index (χ1v) is 4.81. The van der Waals surface area contributed by atoms with Crippen molar-refractivity contribution in [2.45, 2.75) is 38.5 Å². The molecule has 0 aliphatic carbocycles. The van der Waals surface area contributed by atoms with Gasteiger partial charge in [0.1, 0.15) is 0 Å². The standard InChI is InChI=1S/C9H17F3N2O2/c1-5(4-15)6(2)14-7(16)8(3,13)9(10,11)12/h5-6,15H,4,13H2,1-3H3,(H,14,16). The van der Waals surface area contributed by atoms with Crippen LogP contribution < -0.4 is 11.1 Å². The van der Waals surface area contributed by atoms with E-state index < -0.39 is 23.7 Å². The SMILES string of the molecule is CC(CO)C(C)NC(=O)C(C)(N)C(F)(F)F. The van der Waals surface area contributed by atoms with Crippen molar-refractivity contribution in [3.63, 3.8) is 0 Å². The maximum atomic E-state index is 12.4. The number of rotatable bonds is 4. The lowest BCUT2D eigenvalue weighted by Crippen LogP contribution is -2.63. The molecule has 0 saturated carbocycles. The number of amides is 1. The van der Waals surface area contributed by atoms with Crippen molar-refractivity contribution in [3.05, 3.63) is 0 Å². The van der Waals surface area contributed by atoms with Crippen molar-refractivity contribution in [3.8, 4) is 0 Å². The summed E-state index contributed by atoms with van der Waals surface area (Å²) in [6.07, 6.45) is -4.81. The van der Waals surface area contributed by atoms with E-state index in [9.17, 15) is 18.0 Å². The van der Waals surface area contributed by atoms with Crippen LogP contribution in [0.5, 0.6) is 0 Å². The first-order valence-electron chi connectivity index (χ1n) is 4.81. The number of nitrogens with one attached hydrogen (secondary N) is 1. The van der Waals surface area contributed by atoms with Crippen LogP contribution in [0.4, 0.5) is 13.2 Å². The van der Waals surface area contributed by atoms with Gasteiger partial charge in [-0.15, -0.1) is 0 Å². The fourth-order valence-electron chi connectivity index (χ4n) is 0.786. The molecule has 0 bridgehead atoms. The third kappa shape index (κ3) is 3.34. The van der Waals surface area contributed by atoms with Gasteiger partial charge in [0, 0.05) is 12.6 Å². The van der Waals surface area contributed by atoms with Crippen LogP contribution in [0, 0.1) is 5.92 Å². The molecule has 0 aliphatic rings. The third-order valence-electron chi connectivity index (χ3n) is 2.56. The zero-order chi connectivity index (χ0) is 13.1. The molecule has 4 nitrogen and oxygen atoms in total. The molecule has 0 aromatic rings. The van der Waals surface area contributed by atoms with Gasteiger partial charge in [-0.1, -0.05) is 6.92 Å². The maximum absolute atomic E-state index is 12.4. The summed E-state index contributed by atoms with van der Waals surface area (Å²) in [7, 11) is 0. The molecular formula is C9H17F3N2O2. The molecule has 0 aromatic carbocycles. The number of aliphatic hydroxyl groups is 1. The van der Waals surface area contributed by atoms with Gasteiger partial charge in [0.05, 0.1) is 0 Å². The van der Waals surface area contributed by atoms with Gasteiger partial charge in [0.2, 0.25) is 5.91 Å². The zero-order valence-corrected chi connectivity index (χ0v) is 9.43. The largest absolute Gasteiger partial charge is 0.415 e. The smallest absolute Gasteiger partial charge is 0.396 e. The fraction of sp³-hybridized carbons (Fsp3) is 0.889. The Balaban J connectivity index is 4.59. The van der Waals surface area contributed by atoms with Gasteiger partial charge in [-0.05, 0) is 19.8 Å². The Morgan fingerprint density at radius 2 is 1.88 bits per heavy atom. The summed E-state index contributed by atoms with van der Waals surface area (Å²) >= 11 is 0. The number of alkyl halides is 3. The number of halogens is 3. The average molecular weight is 242 g/mol. The number of nitrogens with two attached hydrogens (primary N) is 1. The molecule has 16 heavy (non-hydrogen) atoms. The van der Waals surface area contributed by atoms with Crippen molar-refractivity contribution < 1.29 is 23.1 Å². The Morgan fingerprint density at radius 3 is 2.19 bits per heavy atom. The quantitative estimate of drug-likeness (QED) is 0.668. The highest BCUT2D eigenvalue weighted by Gasteiger charge is 2.54. The van der Waals surface area contributed by atoms with Crippen LogP contribution in [-0.4, -0.2) is 35.4 Å². The normalized spacial score (nSPS) is 19.8. The molecule has 7 heteroatoms. The van der Waals surface area contributed by atoms with Crippen LogP contribution in [0.1, 0.15) is 20.8 Å². The highest BCUT2D eigenvalue weighted by molar-refractivity contribution is 5.86. The van der Waals surface area contributed by atoms with Crippen LogP contribution >= 0.6 is 0 Å². The Bertz CT molecular complexity index is 254. The molecule has 3 unspecified atom stereocenters. The molecule has 4 N–H and O–H groups in total. The molecule has 0 aromatic heterocycles. The van der Waals surface area contributed by atoms with Gasteiger partial charge in [0.25, 0.3) is 0 Å². The highest BCUT2D eigenvalue weighted by Crippen LogP contribution is 2.28. The topological polar surface area (TPSA) is 75.3 Å². The summed E-state index contributed by atoms with van der Waals surface area (Å²) < 4.78 is 37.1. The number of carbonyl (C=O) groups excluding carboxylic acids is 1. The number of aliphatic hydroxyl groups excluding tert-OH is 1. The summed E-state index contributed by atoms with van der Waals surface area (Å²) in [6.45, 7) is 3.49. The molecule has 0 fully saturated rings. The van der Waals surface area contributed by atoms with E-state index in [0.717, 1.165) is 0 Å². The summed E-state index contributed by atoms with van der Waals surface area (Å²) in [6, 6.07) is -0.581. The van der Waals surface area contributed by atoms with Crippen LogP contribution in [0.25, 0.3) is 0 Å². The van der Waals surface area contributed by atoms with Gasteiger partial charge >= 0.3 is 6.18 Å². The van der Waals surface area contributed by atoms with Crippen molar-refractivity contribution in [2.75, 3.05) is 6.61 Å². The summed E-state index contributed by atoms with van der Waals surface area (Å²) in [4.78, 5) is 11.3. The van der Waals surface area contributed by atoms with E-state index in [1.54, 1.807) is 6.92 Å². The van der Waals surface area contributed by atoms with E-state index in [1.165, 1.54) is 6.92 Å². The maximum Gasteiger partial charge on any atom is 0.415 e. The van der Waals surface area contributed by atoms with Gasteiger partial charge in [-0.3, -0.25) is 4.79 Å². The van der Waals surface area contributed by atoms with Crippen molar-refractivity contribution in [1.29, 1.82) is 0 Å². The van der Waals surface area contributed by atoms with Gasteiger partial charge < -0.3 is 16.2 Å². The van der Waals surface area contributed by atoms with E-state index in [0.29, 0.717) is 6.92 Å². The summed E-state index contributed by atoms with van der Waals surface area (Å²) in [5.41, 5.74) is 2.01. The van der Waals surface area contributed by atoms with Crippen LogP contribution in [0.15, 0.2) is 0 Å². The second-order valence-corrected chi connectivity index (χ2v) is 4.12. The Kier molecular flexibility index (Phi) is 4.75. The second kappa shape index (κ2) is 5.01. The van der Waals surface area contributed by atoms with Crippen molar-refractivity contribution in [1.82, 2.24) is 5.32 Å². The lowest BCUT2D eigenvalue weighted by atomic mass is 9.99. The average Bonchev–Trinajstić information content (AvgIpc) is 2.14. The minimum atomic E-state index is -4.81. The Labute approximate surface area is 92.0 Å². The molecule has 96 valence electrons. The molecule has 0 spiro atoms. The van der Waals surface area contributed by atoms with Crippen LogP contribution in [0.2, 0.25) is 0 Å². The lowest BCUT2D eigenvalue weighted by molar-refractivity contribution is -0.187. The molecular weight excluding hydrogens is 225 g/mol. The number of hydrogen-bond donors (Lipinski definition) is 3. The molecule has 0 saturated heterocycles. The van der Waals surface area contributed by atoms with E-state index in [1.807, 2.05) is 0 Å². The number of carbonyl (C=O) groups is 1.